The highest BCUT2D eigenvalue weighted by Crippen LogP contribution is 2.07. The molecule has 0 spiro atoms. The lowest BCUT2D eigenvalue weighted by Gasteiger charge is -2.15. The topological polar surface area (TPSA) is 83.1 Å². The van der Waals surface area contributed by atoms with E-state index in [-0.39, 0.29) is 11.9 Å². The number of urea groups is 1. The number of hydrogen-bond acceptors (Lipinski definition) is 4. The molecule has 19 heavy (non-hydrogen) atoms. The lowest BCUT2D eigenvalue weighted by molar-refractivity contribution is -0.122. The average molecular weight is 282 g/mol. The van der Waals surface area contributed by atoms with Crippen molar-refractivity contribution in [3.63, 3.8) is 0 Å². The summed E-state index contributed by atoms with van der Waals surface area (Å²) in [5.41, 5.74) is 0.836. The van der Waals surface area contributed by atoms with Gasteiger partial charge in [0.15, 0.2) is 0 Å². The van der Waals surface area contributed by atoms with Crippen molar-refractivity contribution in [2.75, 3.05) is 6.54 Å². The molecule has 0 bridgehead atoms. The van der Waals surface area contributed by atoms with E-state index >= 15 is 0 Å². The van der Waals surface area contributed by atoms with Crippen LogP contribution in [0.4, 0.5) is 4.79 Å². The van der Waals surface area contributed by atoms with Crippen LogP contribution in [0.3, 0.4) is 0 Å². The molecular weight excluding hydrogens is 264 g/mol. The number of carbonyl (C=O) groups is 2. The summed E-state index contributed by atoms with van der Waals surface area (Å²) in [7, 11) is 0. The van der Waals surface area contributed by atoms with Gasteiger partial charge in [0.05, 0.1) is 17.2 Å². The maximum absolute atomic E-state index is 11.7. The Balaban J connectivity index is 1.78. The van der Waals surface area contributed by atoms with Crippen molar-refractivity contribution in [1.29, 1.82) is 0 Å². The maximum atomic E-state index is 11.7. The van der Waals surface area contributed by atoms with E-state index in [1.54, 1.807) is 11.3 Å². The zero-order valence-electron chi connectivity index (χ0n) is 10.9. The van der Waals surface area contributed by atoms with Crippen molar-refractivity contribution in [1.82, 2.24) is 20.9 Å². The third-order valence-electron chi connectivity index (χ3n) is 2.94. The highest BCUT2D eigenvalue weighted by molar-refractivity contribution is 7.09. The van der Waals surface area contributed by atoms with E-state index in [0.717, 1.165) is 23.5 Å². The van der Waals surface area contributed by atoms with Gasteiger partial charge in [0.25, 0.3) is 0 Å². The number of nitrogens with one attached hydrogen (secondary N) is 3. The number of rotatable bonds is 3. The minimum absolute atomic E-state index is 0.0999. The molecule has 6 nitrogen and oxygen atoms in total. The molecule has 2 heterocycles. The number of thiazole rings is 1. The van der Waals surface area contributed by atoms with Crippen LogP contribution in [0.2, 0.25) is 0 Å². The summed E-state index contributed by atoms with van der Waals surface area (Å²) >= 11 is 1.55. The van der Waals surface area contributed by atoms with Gasteiger partial charge in [0, 0.05) is 11.9 Å². The van der Waals surface area contributed by atoms with Gasteiger partial charge in [-0.25, -0.2) is 9.78 Å². The Morgan fingerprint density at radius 2 is 2.42 bits per heavy atom. The second kappa shape index (κ2) is 6.51. The van der Waals surface area contributed by atoms with E-state index in [1.165, 1.54) is 0 Å². The minimum atomic E-state index is -0.431. The SMILES string of the molecule is Cc1nc(CNC(=O)N[C@@H]2CCCCNC2=O)cs1. The highest BCUT2D eigenvalue weighted by Gasteiger charge is 2.22. The van der Waals surface area contributed by atoms with Crippen LogP contribution >= 0.6 is 11.3 Å². The van der Waals surface area contributed by atoms with E-state index in [4.69, 9.17) is 0 Å². The number of amides is 3. The molecule has 0 aliphatic carbocycles. The molecule has 0 radical (unpaired) electrons. The lowest BCUT2D eigenvalue weighted by Crippen LogP contribution is -2.48. The molecule has 1 aromatic heterocycles. The summed E-state index contributed by atoms with van der Waals surface area (Å²) in [6.07, 6.45) is 2.59. The zero-order valence-corrected chi connectivity index (χ0v) is 11.7. The summed E-state index contributed by atoms with van der Waals surface area (Å²) < 4.78 is 0. The zero-order chi connectivity index (χ0) is 13.7. The fraction of sp³-hybridized carbons (Fsp3) is 0.583. The number of carbonyl (C=O) groups excluding carboxylic acids is 2. The number of aromatic nitrogens is 1. The first-order valence-corrected chi connectivity index (χ1v) is 7.26. The molecule has 1 aromatic rings. The Bertz CT molecular complexity index is 460. The lowest BCUT2D eigenvalue weighted by atomic mass is 10.1. The van der Waals surface area contributed by atoms with Gasteiger partial charge < -0.3 is 16.0 Å². The number of nitrogens with zero attached hydrogens (tertiary/aromatic N) is 1. The van der Waals surface area contributed by atoms with Crippen molar-refractivity contribution in [2.24, 2.45) is 0 Å². The third kappa shape index (κ3) is 4.20. The van der Waals surface area contributed by atoms with Gasteiger partial charge in [-0.15, -0.1) is 11.3 Å². The Labute approximate surface area is 116 Å². The van der Waals surface area contributed by atoms with Gasteiger partial charge >= 0.3 is 6.03 Å². The molecular formula is C12H18N4O2S. The first kappa shape index (κ1) is 13.8. The maximum Gasteiger partial charge on any atom is 0.315 e. The Morgan fingerprint density at radius 1 is 1.58 bits per heavy atom. The van der Waals surface area contributed by atoms with Gasteiger partial charge in [-0.1, -0.05) is 0 Å². The van der Waals surface area contributed by atoms with Crippen LogP contribution in [0.1, 0.15) is 30.0 Å². The molecule has 0 saturated carbocycles. The molecule has 1 atom stereocenters. The summed E-state index contributed by atoms with van der Waals surface area (Å²) in [4.78, 5) is 27.6. The first-order chi connectivity index (χ1) is 9.15. The third-order valence-corrected chi connectivity index (χ3v) is 3.76. The predicted octanol–water partition coefficient (Wildman–Crippen LogP) is 0.919. The Hall–Kier alpha value is -1.63. The van der Waals surface area contributed by atoms with Crippen molar-refractivity contribution in [3.05, 3.63) is 16.1 Å². The standard InChI is InChI=1S/C12H18N4O2S/c1-8-15-9(7-19-8)6-14-12(18)16-10-4-2-3-5-13-11(10)17/h7,10H,2-6H2,1H3,(H,13,17)(H2,14,16,18)/t10-/m1/s1. The molecule has 3 N–H and O–H groups in total. The van der Waals surface area contributed by atoms with E-state index in [9.17, 15) is 9.59 Å². The van der Waals surface area contributed by atoms with Gasteiger partial charge in [-0.2, -0.15) is 0 Å². The van der Waals surface area contributed by atoms with E-state index in [2.05, 4.69) is 20.9 Å². The van der Waals surface area contributed by atoms with Gasteiger partial charge in [-0.3, -0.25) is 4.79 Å². The van der Waals surface area contributed by atoms with Crippen LogP contribution in [-0.2, 0) is 11.3 Å². The second-order valence-electron chi connectivity index (χ2n) is 4.52. The van der Waals surface area contributed by atoms with Crippen molar-refractivity contribution in [3.8, 4) is 0 Å². The van der Waals surface area contributed by atoms with E-state index in [0.29, 0.717) is 19.5 Å². The van der Waals surface area contributed by atoms with Crippen LogP contribution in [0.5, 0.6) is 0 Å². The number of aryl methyl sites for hydroxylation is 1. The Morgan fingerprint density at radius 3 is 3.16 bits per heavy atom. The van der Waals surface area contributed by atoms with Gasteiger partial charge in [0.2, 0.25) is 5.91 Å². The van der Waals surface area contributed by atoms with Gasteiger partial charge in [0.1, 0.15) is 6.04 Å². The van der Waals surface area contributed by atoms with E-state index < -0.39 is 6.04 Å². The van der Waals surface area contributed by atoms with Crippen molar-refractivity contribution >= 4 is 23.3 Å². The number of hydrogen-bond donors (Lipinski definition) is 3. The molecule has 0 aromatic carbocycles. The summed E-state index contributed by atoms with van der Waals surface area (Å²) in [5.74, 6) is -0.0999. The van der Waals surface area contributed by atoms with Crippen LogP contribution < -0.4 is 16.0 Å². The molecule has 3 amide bonds. The second-order valence-corrected chi connectivity index (χ2v) is 5.59. The minimum Gasteiger partial charge on any atom is -0.354 e. The highest BCUT2D eigenvalue weighted by atomic mass is 32.1. The molecule has 1 saturated heterocycles. The molecule has 1 fully saturated rings. The fourth-order valence-corrected chi connectivity index (χ4v) is 2.56. The largest absolute Gasteiger partial charge is 0.354 e. The summed E-state index contributed by atoms with van der Waals surface area (Å²) in [6.45, 7) is 2.99. The molecule has 7 heteroatoms. The molecule has 0 unspecified atom stereocenters. The quantitative estimate of drug-likeness (QED) is 0.771. The summed E-state index contributed by atoms with van der Waals surface area (Å²) in [5, 5.41) is 11.1. The molecule has 104 valence electrons. The van der Waals surface area contributed by atoms with Crippen LogP contribution in [0.25, 0.3) is 0 Å². The first-order valence-electron chi connectivity index (χ1n) is 6.38. The fourth-order valence-electron chi connectivity index (χ4n) is 1.95. The smallest absolute Gasteiger partial charge is 0.315 e. The average Bonchev–Trinajstić information content (AvgIpc) is 2.69. The van der Waals surface area contributed by atoms with Gasteiger partial charge in [-0.05, 0) is 26.2 Å². The van der Waals surface area contributed by atoms with Crippen molar-refractivity contribution in [2.45, 2.75) is 38.8 Å². The Kier molecular flexibility index (Phi) is 4.73. The monoisotopic (exact) mass is 282 g/mol. The normalized spacial score (nSPS) is 19.4. The van der Waals surface area contributed by atoms with Crippen LogP contribution in [-0.4, -0.2) is 29.5 Å². The predicted molar refractivity (Wildman–Crippen MR) is 72.9 cm³/mol. The van der Waals surface area contributed by atoms with Crippen molar-refractivity contribution < 1.29 is 9.59 Å². The molecule has 1 aliphatic rings. The van der Waals surface area contributed by atoms with E-state index in [1.807, 2.05) is 12.3 Å². The van der Waals surface area contributed by atoms with Crippen LogP contribution in [0, 0.1) is 6.92 Å². The van der Waals surface area contributed by atoms with Crippen LogP contribution in [0.15, 0.2) is 5.38 Å². The summed E-state index contributed by atoms with van der Waals surface area (Å²) in [6, 6.07) is -0.757. The molecule has 2 rings (SSSR count). The molecule has 1 aliphatic heterocycles.